The van der Waals surface area contributed by atoms with Crippen LogP contribution in [-0.4, -0.2) is 21.4 Å². The first-order chi connectivity index (χ1) is 8.59. The van der Waals surface area contributed by atoms with E-state index in [9.17, 15) is 14.0 Å². The van der Waals surface area contributed by atoms with Crippen LogP contribution in [-0.2, 0) is 6.54 Å². The molecule has 0 saturated heterocycles. The molecule has 1 aliphatic rings. The zero-order chi connectivity index (χ0) is 12.9. The molecule has 2 aromatic rings. The Bertz CT molecular complexity index is 738. The average molecular weight is 265 g/mol. The Balaban J connectivity index is 2.54. The third kappa shape index (κ3) is 1.45. The maximum absolute atomic E-state index is 13.2. The lowest BCUT2D eigenvalue weighted by atomic mass is 10.1. The van der Waals surface area contributed by atoms with Gasteiger partial charge >= 0.3 is 5.97 Å². The number of fused-ring (bicyclic) bond motifs is 3. The van der Waals surface area contributed by atoms with Gasteiger partial charge < -0.3 is 9.67 Å². The molecule has 0 saturated carbocycles. The summed E-state index contributed by atoms with van der Waals surface area (Å²) in [5.41, 5.74) is -0.278. The lowest BCUT2D eigenvalue weighted by Gasteiger charge is -2.10. The van der Waals surface area contributed by atoms with E-state index >= 15 is 0 Å². The highest BCUT2D eigenvalue weighted by molar-refractivity contribution is 7.99. The van der Waals surface area contributed by atoms with Crippen LogP contribution in [0, 0.1) is 5.82 Å². The molecular formula is C12H8FNO3S. The first-order valence-corrected chi connectivity index (χ1v) is 6.30. The first-order valence-electron chi connectivity index (χ1n) is 5.32. The van der Waals surface area contributed by atoms with E-state index in [2.05, 4.69) is 0 Å². The van der Waals surface area contributed by atoms with Crippen LogP contribution in [0.3, 0.4) is 0 Å². The van der Waals surface area contributed by atoms with Crippen LogP contribution in [0.5, 0.6) is 0 Å². The van der Waals surface area contributed by atoms with E-state index in [4.69, 9.17) is 5.11 Å². The van der Waals surface area contributed by atoms with Crippen molar-refractivity contribution >= 4 is 28.6 Å². The Labute approximate surface area is 105 Å². The van der Waals surface area contributed by atoms with Crippen LogP contribution >= 0.6 is 11.8 Å². The molecule has 0 unspecified atom stereocenters. The van der Waals surface area contributed by atoms with E-state index in [0.29, 0.717) is 17.1 Å². The van der Waals surface area contributed by atoms with Gasteiger partial charge in [-0.2, -0.15) is 0 Å². The van der Waals surface area contributed by atoms with Gasteiger partial charge in [0.1, 0.15) is 11.4 Å². The first kappa shape index (κ1) is 11.3. The van der Waals surface area contributed by atoms with Gasteiger partial charge in [-0.1, -0.05) is 0 Å². The molecule has 0 spiro atoms. The van der Waals surface area contributed by atoms with Gasteiger partial charge in [0, 0.05) is 17.7 Å². The van der Waals surface area contributed by atoms with E-state index in [1.807, 2.05) is 0 Å². The van der Waals surface area contributed by atoms with Crippen molar-refractivity contribution in [3.63, 3.8) is 0 Å². The summed E-state index contributed by atoms with van der Waals surface area (Å²) in [5, 5.41) is 9.73. The number of thioether (sulfide) groups is 1. The summed E-state index contributed by atoms with van der Waals surface area (Å²) in [6.45, 7) is 0.628. The normalized spacial score (nSPS) is 13.8. The number of carboxylic acids is 1. The van der Waals surface area contributed by atoms with E-state index in [0.717, 1.165) is 11.8 Å². The van der Waals surface area contributed by atoms with Crippen molar-refractivity contribution in [2.24, 2.45) is 0 Å². The van der Waals surface area contributed by atoms with Gasteiger partial charge in [-0.25, -0.2) is 9.18 Å². The number of aryl methyl sites for hydroxylation is 1. The van der Waals surface area contributed by atoms with Crippen molar-refractivity contribution < 1.29 is 14.3 Å². The Morgan fingerprint density at radius 1 is 1.44 bits per heavy atom. The predicted octanol–water partition coefficient (Wildman–Crippen LogP) is 1.94. The molecule has 0 fully saturated rings. The molecule has 18 heavy (non-hydrogen) atoms. The maximum atomic E-state index is 13.2. The molecule has 92 valence electrons. The number of carbonyl (C=O) groups is 1. The van der Waals surface area contributed by atoms with Crippen LogP contribution in [0.2, 0.25) is 0 Å². The standard InChI is InChI=1S/C12H8FNO3S/c13-6-1-2-8-7(5-6)10(15)9(12(16)17)11-14(8)3-4-18-11/h1-2,5H,3-4H2,(H,16,17). The number of benzene rings is 1. The largest absolute Gasteiger partial charge is 0.477 e. The molecule has 1 aromatic carbocycles. The van der Waals surface area contributed by atoms with Gasteiger partial charge in [-0.05, 0) is 18.2 Å². The molecule has 0 amide bonds. The van der Waals surface area contributed by atoms with Crippen molar-refractivity contribution in [2.75, 3.05) is 5.75 Å². The molecule has 0 radical (unpaired) electrons. The van der Waals surface area contributed by atoms with Crippen LogP contribution in [0.1, 0.15) is 10.4 Å². The van der Waals surface area contributed by atoms with Crippen LogP contribution in [0.15, 0.2) is 28.0 Å². The number of halogens is 1. The molecule has 1 aromatic heterocycles. The van der Waals surface area contributed by atoms with E-state index in [-0.39, 0.29) is 10.9 Å². The summed E-state index contributed by atoms with van der Waals surface area (Å²) in [7, 11) is 0. The van der Waals surface area contributed by atoms with Gasteiger partial charge in [-0.3, -0.25) is 4.79 Å². The molecule has 0 atom stereocenters. The predicted molar refractivity (Wildman–Crippen MR) is 65.8 cm³/mol. The second-order valence-electron chi connectivity index (χ2n) is 3.98. The summed E-state index contributed by atoms with van der Waals surface area (Å²) in [6, 6.07) is 3.89. The Morgan fingerprint density at radius 3 is 2.94 bits per heavy atom. The fraction of sp³-hybridized carbons (Fsp3) is 0.167. The smallest absolute Gasteiger partial charge is 0.342 e. The molecular weight excluding hydrogens is 257 g/mol. The zero-order valence-corrected chi connectivity index (χ0v) is 9.96. The minimum atomic E-state index is -1.26. The van der Waals surface area contributed by atoms with Gasteiger partial charge in [0.05, 0.1) is 10.5 Å². The molecule has 2 heterocycles. The number of carboxylic acid groups (broad SMARTS) is 1. The van der Waals surface area contributed by atoms with Gasteiger partial charge in [-0.15, -0.1) is 11.8 Å². The highest BCUT2D eigenvalue weighted by atomic mass is 32.2. The number of hydrogen-bond acceptors (Lipinski definition) is 3. The number of aromatic nitrogens is 1. The highest BCUT2D eigenvalue weighted by Gasteiger charge is 2.25. The summed E-state index contributed by atoms with van der Waals surface area (Å²) in [6.07, 6.45) is 0. The van der Waals surface area contributed by atoms with E-state index < -0.39 is 17.2 Å². The van der Waals surface area contributed by atoms with E-state index in [1.165, 1.54) is 23.9 Å². The minimum absolute atomic E-state index is 0.124. The molecule has 4 nitrogen and oxygen atoms in total. The van der Waals surface area contributed by atoms with Crippen molar-refractivity contribution in [1.29, 1.82) is 0 Å². The fourth-order valence-electron chi connectivity index (χ4n) is 2.20. The summed E-state index contributed by atoms with van der Waals surface area (Å²) < 4.78 is 15.0. The van der Waals surface area contributed by atoms with Crippen molar-refractivity contribution in [2.45, 2.75) is 11.6 Å². The third-order valence-corrected chi connectivity index (χ3v) is 4.03. The van der Waals surface area contributed by atoms with Crippen LogP contribution < -0.4 is 5.43 Å². The lowest BCUT2D eigenvalue weighted by Crippen LogP contribution is -2.20. The van der Waals surface area contributed by atoms with Crippen LogP contribution in [0.25, 0.3) is 10.9 Å². The molecule has 6 heteroatoms. The number of aromatic carboxylic acids is 1. The highest BCUT2D eigenvalue weighted by Crippen LogP contribution is 2.31. The second-order valence-corrected chi connectivity index (χ2v) is 5.06. The van der Waals surface area contributed by atoms with Crippen LogP contribution in [0.4, 0.5) is 4.39 Å². The van der Waals surface area contributed by atoms with Crippen molar-refractivity contribution in [3.05, 3.63) is 39.8 Å². The zero-order valence-electron chi connectivity index (χ0n) is 9.14. The van der Waals surface area contributed by atoms with Gasteiger partial charge in [0.15, 0.2) is 0 Å². The Kier molecular flexibility index (Phi) is 2.41. The minimum Gasteiger partial charge on any atom is -0.477 e. The quantitative estimate of drug-likeness (QED) is 0.856. The number of rotatable bonds is 1. The SMILES string of the molecule is O=C(O)c1c2n(c3ccc(F)cc3c1=O)CCS2. The Hall–Kier alpha value is -1.82. The number of pyridine rings is 1. The van der Waals surface area contributed by atoms with Crippen molar-refractivity contribution in [3.8, 4) is 0 Å². The molecule has 1 aliphatic heterocycles. The Morgan fingerprint density at radius 2 is 2.22 bits per heavy atom. The average Bonchev–Trinajstić information content (AvgIpc) is 2.77. The fourth-order valence-corrected chi connectivity index (χ4v) is 3.33. The lowest BCUT2D eigenvalue weighted by molar-refractivity contribution is 0.0690. The molecule has 3 rings (SSSR count). The second kappa shape index (κ2) is 3.84. The third-order valence-electron chi connectivity index (χ3n) is 2.95. The van der Waals surface area contributed by atoms with Gasteiger partial charge in [0.25, 0.3) is 0 Å². The van der Waals surface area contributed by atoms with Gasteiger partial charge in [0.2, 0.25) is 5.43 Å². The summed E-state index contributed by atoms with van der Waals surface area (Å²) in [5.74, 6) is -1.08. The number of hydrogen-bond donors (Lipinski definition) is 1. The monoisotopic (exact) mass is 265 g/mol. The van der Waals surface area contributed by atoms with Crippen molar-refractivity contribution in [1.82, 2.24) is 4.57 Å². The molecule has 1 N–H and O–H groups in total. The molecule has 0 bridgehead atoms. The summed E-state index contributed by atoms with van der Waals surface area (Å²) in [4.78, 5) is 23.3. The topological polar surface area (TPSA) is 59.3 Å². The number of nitrogens with zero attached hydrogens (tertiary/aromatic N) is 1. The van der Waals surface area contributed by atoms with E-state index in [1.54, 1.807) is 4.57 Å². The summed E-state index contributed by atoms with van der Waals surface area (Å²) >= 11 is 1.34. The molecule has 0 aliphatic carbocycles. The maximum Gasteiger partial charge on any atom is 0.342 e.